The molecular formula is C26H24ClN3O3. The highest BCUT2D eigenvalue weighted by molar-refractivity contribution is 6.30. The summed E-state index contributed by atoms with van der Waals surface area (Å²) in [6.45, 7) is 1.81. The Labute approximate surface area is 197 Å². The number of nitrogens with one attached hydrogen (secondary N) is 3. The fraction of sp³-hybridized carbons (Fsp3) is 0.115. The molecule has 0 fully saturated rings. The van der Waals surface area contributed by atoms with E-state index in [4.69, 9.17) is 11.6 Å². The van der Waals surface area contributed by atoms with Crippen LogP contribution in [0.25, 0.3) is 6.08 Å². The predicted molar refractivity (Wildman–Crippen MR) is 130 cm³/mol. The summed E-state index contributed by atoms with van der Waals surface area (Å²) in [5, 5.41) is 8.77. The van der Waals surface area contributed by atoms with Crippen molar-refractivity contribution in [1.29, 1.82) is 0 Å². The molecule has 0 unspecified atom stereocenters. The zero-order valence-corrected chi connectivity index (χ0v) is 18.9. The second kappa shape index (κ2) is 11.6. The van der Waals surface area contributed by atoms with Gasteiger partial charge in [0.2, 0.25) is 11.8 Å². The molecule has 0 heterocycles. The molecule has 3 aromatic rings. The Bertz CT molecular complexity index is 1140. The van der Waals surface area contributed by atoms with Gasteiger partial charge >= 0.3 is 0 Å². The average molecular weight is 462 g/mol. The van der Waals surface area contributed by atoms with Crippen molar-refractivity contribution in [1.82, 2.24) is 10.6 Å². The van der Waals surface area contributed by atoms with E-state index in [9.17, 15) is 14.4 Å². The molecule has 0 aromatic heterocycles. The number of anilines is 1. The molecule has 0 saturated heterocycles. The zero-order valence-electron chi connectivity index (χ0n) is 18.1. The first kappa shape index (κ1) is 23.8. The number of halogens is 1. The molecule has 168 valence electrons. The third-order valence-corrected chi connectivity index (χ3v) is 4.90. The number of benzene rings is 3. The number of rotatable bonds is 8. The fourth-order valence-electron chi connectivity index (χ4n) is 3.02. The second-order valence-corrected chi connectivity index (χ2v) is 7.82. The van der Waals surface area contributed by atoms with E-state index in [1.807, 2.05) is 30.3 Å². The largest absolute Gasteiger partial charge is 0.352 e. The van der Waals surface area contributed by atoms with Gasteiger partial charge in [0.1, 0.15) is 5.70 Å². The maximum Gasteiger partial charge on any atom is 0.272 e. The quantitative estimate of drug-likeness (QED) is 0.437. The molecule has 0 aliphatic carbocycles. The normalized spacial score (nSPS) is 10.9. The molecule has 3 rings (SSSR count). The Morgan fingerprint density at radius 2 is 1.52 bits per heavy atom. The van der Waals surface area contributed by atoms with Crippen molar-refractivity contribution < 1.29 is 14.4 Å². The van der Waals surface area contributed by atoms with Crippen molar-refractivity contribution in [3.8, 4) is 0 Å². The Kier molecular flexibility index (Phi) is 8.38. The Morgan fingerprint density at radius 3 is 2.15 bits per heavy atom. The van der Waals surface area contributed by atoms with Crippen molar-refractivity contribution in [2.75, 3.05) is 5.32 Å². The smallest absolute Gasteiger partial charge is 0.272 e. The lowest BCUT2D eigenvalue weighted by atomic mass is 10.1. The SMILES string of the molecule is CC(=O)N/C(=C\c1ccc(Cl)cc1)C(=O)Nc1ccc(CC(=O)NCc2ccccc2)cc1. The first-order chi connectivity index (χ1) is 15.9. The molecule has 0 atom stereocenters. The molecule has 6 nitrogen and oxygen atoms in total. The van der Waals surface area contributed by atoms with Crippen molar-refractivity contribution in [2.45, 2.75) is 19.9 Å². The van der Waals surface area contributed by atoms with Gasteiger partial charge in [-0.2, -0.15) is 0 Å². The third-order valence-electron chi connectivity index (χ3n) is 4.65. The van der Waals surface area contributed by atoms with Crippen LogP contribution < -0.4 is 16.0 Å². The molecule has 33 heavy (non-hydrogen) atoms. The first-order valence-corrected chi connectivity index (χ1v) is 10.7. The lowest BCUT2D eigenvalue weighted by Gasteiger charge is -2.11. The highest BCUT2D eigenvalue weighted by Crippen LogP contribution is 2.15. The van der Waals surface area contributed by atoms with Crippen LogP contribution in [0.3, 0.4) is 0 Å². The number of amides is 3. The van der Waals surface area contributed by atoms with Crippen molar-refractivity contribution in [3.05, 3.63) is 106 Å². The highest BCUT2D eigenvalue weighted by Gasteiger charge is 2.12. The van der Waals surface area contributed by atoms with Crippen LogP contribution in [0.4, 0.5) is 5.69 Å². The summed E-state index contributed by atoms with van der Waals surface area (Å²) >= 11 is 5.90. The van der Waals surface area contributed by atoms with E-state index in [1.54, 1.807) is 54.6 Å². The van der Waals surface area contributed by atoms with E-state index in [0.29, 0.717) is 17.3 Å². The Morgan fingerprint density at radius 1 is 0.848 bits per heavy atom. The van der Waals surface area contributed by atoms with Gasteiger partial charge in [0.05, 0.1) is 6.42 Å². The monoisotopic (exact) mass is 461 g/mol. The standard InChI is InChI=1S/C26H24ClN3O3/c1-18(31)29-24(15-19-7-11-22(27)12-8-19)26(33)30-23-13-9-20(10-14-23)16-25(32)28-17-21-5-3-2-4-6-21/h2-15H,16-17H2,1H3,(H,28,32)(H,29,31)(H,30,33)/b24-15-. The minimum absolute atomic E-state index is 0.0884. The summed E-state index contributed by atoms with van der Waals surface area (Å²) in [6.07, 6.45) is 1.80. The molecule has 3 aromatic carbocycles. The lowest BCUT2D eigenvalue weighted by Crippen LogP contribution is -2.29. The van der Waals surface area contributed by atoms with Gasteiger partial charge < -0.3 is 16.0 Å². The van der Waals surface area contributed by atoms with Gasteiger partial charge in [-0.3, -0.25) is 14.4 Å². The molecular weight excluding hydrogens is 438 g/mol. The van der Waals surface area contributed by atoms with Crippen LogP contribution in [0, 0.1) is 0 Å². The van der Waals surface area contributed by atoms with Crippen LogP contribution in [0.1, 0.15) is 23.6 Å². The topological polar surface area (TPSA) is 87.3 Å². The van der Waals surface area contributed by atoms with Gasteiger partial charge in [-0.15, -0.1) is 0 Å². The summed E-state index contributed by atoms with van der Waals surface area (Å²) in [7, 11) is 0. The number of carbonyl (C=O) groups excluding carboxylic acids is 3. The first-order valence-electron chi connectivity index (χ1n) is 10.3. The average Bonchev–Trinajstić information content (AvgIpc) is 2.80. The molecule has 3 N–H and O–H groups in total. The molecule has 3 amide bonds. The number of carbonyl (C=O) groups is 3. The van der Waals surface area contributed by atoms with E-state index >= 15 is 0 Å². The van der Waals surface area contributed by atoms with Crippen LogP contribution >= 0.6 is 11.6 Å². The Hall–Kier alpha value is -3.90. The Balaban J connectivity index is 1.59. The van der Waals surface area contributed by atoms with Crippen LogP contribution in [-0.4, -0.2) is 17.7 Å². The minimum Gasteiger partial charge on any atom is -0.352 e. The highest BCUT2D eigenvalue weighted by atomic mass is 35.5. The van der Waals surface area contributed by atoms with E-state index in [1.165, 1.54) is 6.92 Å². The van der Waals surface area contributed by atoms with Crippen molar-refractivity contribution in [3.63, 3.8) is 0 Å². The third kappa shape index (κ3) is 7.94. The summed E-state index contributed by atoms with van der Waals surface area (Å²) in [4.78, 5) is 36.5. The van der Waals surface area contributed by atoms with Gasteiger partial charge in [-0.05, 0) is 47.0 Å². The molecule has 0 aliphatic heterocycles. The second-order valence-electron chi connectivity index (χ2n) is 7.38. The van der Waals surface area contributed by atoms with Gasteiger partial charge in [0.25, 0.3) is 5.91 Å². The van der Waals surface area contributed by atoms with Gasteiger partial charge in [0, 0.05) is 24.2 Å². The van der Waals surface area contributed by atoms with Crippen LogP contribution in [0.5, 0.6) is 0 Å². The van der Waals surface area contributed by atoms with Crippen molar-refractivity contribution in [2.24, 2.45) is 0 Å². The van der Waals surface area contributed by atoms with Crippen LogP contribution in [0.15, 0.2) is 84.6 Å². The fourth-order valence-corrected chi connectivity index (χ4v) is 3.15. The molecule has 0 bridgehead atoms. The summed E-state index contributed by atoms with van der Waals surface area (Å²) in [6, 6.07) is 23.6. The van der Waals surface area contributed by atoms with E-state index in [-0.39, 0.29) is 23.9 Å². The maximum absolute atomic E-state index is 12.7. The predicted octanol–water partition coefficient (Wildman–Crippen LogP) is 4.31. The zero-order chi connectivity index (χ0) is 23.6. The summed E-state index contributed by atoms with van der Waals surface area (Å²) < 4.78 is 0. The molecule has 0 saturated carbocycles. The van der Waals surface area contributed by atoms with E-state index < -0.39 is 5.91 Å². The van der Waals surface area contributed by atoms with E-state index in [2.05, 4.69) is 16.0 Å². The van der Waals surface area contributed by atoms with Gasteiger partial charge in [-0.1, -0.05) is 66.2 Å². The molecule has 0 aliphatic rings. The van der Waals surface area contributed by atoms with Gasteiger partial charge in [-0.25, -0.2) is 0 Å². The van der Waals surface area contributed by atoms with E-state index in [0.717, 1.165) is 16.7 Å². The maximum atomic E-state index is 12.7. The van der Waals surface area contributed by atoms with Crippen LogP contribution in [-0.2, 0) is 27.3 Å². The molecule has 0 radical (unpaired) electrons. The van der Waals surface area contributed by atoms with Crippen LogP contribution in [0.2, 0.25) is 5.02 Å². The van der Waals surface area contributed by atoms with Gasteiger partial charge in [0.15, 0.2) is 0 Å². The lowest BCUT2D eigenvalue weighted by molar-refractivity contribution is -0.121. The summed E-state index contributed by atoms with van der Waals surface area (Å²) in [5.74, 6) is -0.912. The minimum atomic E-state index is -0.464. The molecule has 0 spiro atoms. The summed E-state index contributed by atoms with van der Waals surface area (Å²) in [5.41, 5.74) is 3.22. The van der Waals surface area contributed by atoms with Crippen molar-refractivity contribution >= 4 is 41.1 Å². The number of hydrogen-bond donors (Lipinski definition) is 3. The number of hydrogen-bond acceptors (Lipinski definition) is 3. The molecule has 7 heteroatoms.